The van der Waals surface area contributed by atoms with Crippen molar-refractivity contribution < 1.29 is 22.7 Å². The van der Waals surface area contributed by atoms with Gasteiger partial charge < -0.3 is 5.11 Å². The highest BCUT2D eigenvalue weighted by atomic mass is 32.2. The molecule has 0 saturated heterocycles. The molecular weight excluding hydrogens is 303 g/mol. The van der Waals surface area contributed by atoms with Gasteiger partial charge in [0.2, 0.25) is 10.0 Å². The Bertz CT molecular complexity index is 742. The van der Waals surface area contributed by atoms with Crippen LogP contribution in [0.25, 0.3) is 0 Å². The van der Waals surface area contributed by atoms with Gasteiger partial charge in [-0.1, -0.05) is 5.21 Å². The van der Waals surface area contributed by atoms with Crippen LogP contribution in [0.4, 0.5) is 4.39 Å². The number of sulfonamides is 1. The predicted octanol–water partition coefficient (Wildman–Crippen LogP) is -0.0197. The Morgan fingerprint density at radius 1 is 1.33 bits per heavy atom. The second-order valence-corrected chi connectivity index (χ2v) is 5.85. The van der Waals surface area contributed by atoms with E-state index in [9.17, 15) is 17.6 Å². The van der Waals surface area contributed by atoms with E-state index in [1.165, 1.54) is 6.20 Å². The van der Waals surface area contributed by atoms with Crippen LogP contribution in [0.1, 0.15) is 5.69 Å². The summed E-state index contributed by atoms with van der Waals surface area (Å²) in [5.41, 5.74) is 0.266. The largest absolute Gasteiger partial charge is 0.480 e. The number of nitrogens with zero attached hydrogens (tertiary/aromatic N) is 3. The van der Waals surface area contributed by atoms with Crippen molar-refractivity contribution in [3.05, 3.63) is 42.0 Å². The lowest BCUT2D eigenvalue weighted by molar-refractivity contribution is -0.137. The number of benzene rings is 1. The zero-order chi connectivity index (χ0) is 15.5. The van der Waals surface area contributed by atoms with Crippen molar-refractivity contribution in [2.24, 2.45) is 0 Å². The summed E-state index contributed by atoms with van der Waals surface area (Å²) in [4.78, 5) is 10.4. The minimum atomic E-state index is -3.80. The summed E-state index contributed by atoms with van der Waals surface area (Å²) < 4.78 is 39.9. The zero-order valence-corrected chi connectivity index (χ0v) is 11.4. The Labute approximate surface area is 119 Å². The number of halogens is 1. The maximum Gasteiger partial charge on any atom is 0.325 e. The van der Waals surface area contributed by atoms with E-state index in [1.807, 2.05) is 0 Å². The number of nitrogens with one attached hydrogen (secondary N) is 1. The Hall–Kier alpha value is -2.33. The molecular formula is C11H11FN4O4S. The summed E-state index contributed by atoms with van der Waals surface area (Å²) >= 11 is 0. The molecule has 2 aromatic rings. The molecule has 112 valence electrons. The van der Waals surface area contributed by atoms with E-state index in [0.717, 1.165) is 28.9 Å². The van der Waals surface area contributed by atoms with Crippen molar-refractivity contribution in [2.45, 2.75) is 18.0 Å². The summed E-state index contributed by atoms with van der Waals surface area (Å²) in [7, 11) is -3.80. The van der Waals surface area contributed by atoms with Gasteiger partial charge in [-0.2, -0.15) is 0 Å². The van der Waals surface area contributed by atoms with Gasteiger partial charge in [0.25, 0.3) is 0 Å². The van der Waals surface area contributed by atoms with Gasteiger partial charge in [-0.3, -0.25) is 4.79 Å². The number of hydrogen-bond donors (Lipinski definition) is 2. The number of carboxylic acid groups (broad SMARTS) is 1. The van der Waals surface area contributed by atoms with Gasteiger partial charge in [-0.05, 0) is 24.3 Å². The van der Waals surface area contributed by atoms with Crippen LogP contribution in [-0.4, -0.2) is 34.5 Å². The quantitative estimate of drug-likeness (QED) is 0.774. The van der Waals surface area contributed by atoms with Crippen LogP contribution >= 0.6 is 0 Å². The second kappa shape index (κ2) is 5.97. The van der Waals surface area contributed by atoms with Gasteiger partial charge in [0.1, 0.15) is 12.4 Å². The molecule has 2 rings (SSSR count). The minimum absolute atomic E-state index is 0.0816. The number of aliphatic carboxylic acids is 1. The third kappa shape index (κ3) is 4.07. The average molecular weight is 314 g/mol. The lowest BCUT2D eigenvalue weighted by atomic mass is 10.4. The predicted molar refractivity (Wildman–Crippen MR) is 68.1 cm³/mol. The molecule has 21 heavy (non-hydrogen) atoms. The molecule has 2 N–H and O–H groups in total. The van der Waals surface area contributed by atoms with Gasteiger partial charge >= 0.3 is 5.97 Å². The number of hydrogen-bond acceptors (Lipinski definition) is 5. The normalized spacial score (nSPS) is 11.5. The lowest BCUT2D eigenvalue weighted by Crippen LogP contribution is -2.23. The molecule has 0 unspecified atom stereocenters. The van der Waals surface area contributed by atoms with E-state index in [-0.39, 0.29) is 23.7 Å². The van der Waals surface area contributed by atoms with Crippen molar-refractivity contribution in [1.82, 2.24) is 19.7 Å². The summed E-state index contributed by atoms with van der Waals surface area (Å²) in [6.45, 7) is -0.517. The molecule has 0 spiro atoms. The first-order valence-corrected chi connectivity index (χ1v) is 7.21. The highest BCUT2D eigenvalue weighted by Crippen LogP contribution is 2.10. The number of carboxylic acids is 1. The molecule has 0 fully saturated rings. The van der Waals surface area contributed by atoms with E-state index in [0.29, 0.717) is 0 Å². The molecule has 1 aromatic carbocycles. The molecule has 0 saturated carbocycles. The number of aromatic nitrogens is 3. The maximum atomic E-state index is 12.7. The highest BCUT2D eigenvalue weighted by Gasteiger charge is 2.14. The second-order valence-electron chi connectivity index (χ2n) is 4.08. The van der Waals surface area contributed by atoms with Crippen LogP contribution in [-0.2, 0) is 27.9 Å². The average Bonchev–Trinajstić information content (AvgIpc) is 2.84. The Kier molecular flexibility index (Phi) is 4.29. The fraction of sp³-hybridized carbons (Fsp3) is 0.182. The molecule has 0 bridgehead atoms. The van der Waals surface area contributed by atoms with Gasteiger partial charge in [0.15, 0.2) is 0 Å². The first-order chi connectivity index (χ1) is 9.87. The number of carbonyl (C=O) groups is 1. The third-order valence-electron chi connectivity index (χ3n) is 2.45. The lowest BCUT2D eigenvalue weighted by Gasteiger charge is -2.04. The SMILES string of the molecule is O=C(O)Cn1cc(CNS(=O)(=O)c2ccc(F)cc2)nn1. The van der Waals surface area contributed by atoms with E-state index < -0.39 is 21.8 Å². The van der Waals surface area contributed by atoms with Crippen molar-refractivity contribution in [1.29, 1.82) is 0 Å². The molecule has 0 aliphatic carbocycles. The molecule has 0 aliphatic rings. The Morgan fingerprint density at radius 3 is 2.62 bits per heavy atom. The summed E-state index contributed by atoms with van der Waals surface area (Å²) in [5, 5.41) is 15.8. The Balaban J connectivity index is 2.03. The van der Waals surface area contributed by atoms with Crippen LogP contribution in [0, 0.1) is 5.82 Å². The smallest absolute Gasteiger partial charge is 0.325 e. The monoisotopic (exact) mass is 314 g/mol. The van der Waals surface area contributed by atoms with Gasteiger partial charge in [0, 0.05) is 0 Å². The van der Waals surface area contributed by atoms with Gasteiger partial charge in [0.05, 0.1) is 23.3 Å². The Morgan fingerprint density at radius 2 is 2.00 bits per heavy atom. The van der Waals surface area contributed by atoms with E-state index in [4.69, 9.17) is 5.11 Å². The first-order valence-electron chi connectivity index (χ1n) is 5.73. The maximum absolute atomic E-state index is 12.7. The summed E-state index contributed by atoms with van der Waals surface area (Å²) in [6.07, 6.45) is 1.32. The van der Waals surface area contributed by atoms with Crippen LogP contribution < -0.4 is 4.72 Å². The van der Waals surface area contributed by atoms with Crippen molar-refractivity contribution in [3.63, 3.8) is 0 Å². The number of rotatable bonds is 6. The molecule has 0 amide bonds. The highest BCUT2D eigenvalue weighted by molar-refractivity contribution is 7.89. The van der Waals surface area contributed by atoms with Crippen molar-refractivity contribution in [3.8, 4) is 0 Å². The van der Waals surface area contributed by atoms with Gasteiger partial charge in [-0.15, -0.1) is 5.10 Å². The summed E-state index contributed by atoms with van der Waals surface area (Å²) in [5.74, 6) is -1.62. The molecule has 0 radical (unpaired) electrons. The fourth-order valence-electron chi connectivity index (χ4n) is 1.50. The topological polar surface area (TPSA) is 114 Å². The van der Waals surface area contributed by atoms with Gasteiger partial charge in [-0.25, -0.2) is 22.2 Å². The molecule has 0 atom stereocenters. The van der Waals surface area contributed by atoms with Crippen molar-refractivity contribution in [2.75, 3.05) is 0 Å². The van der Waals surface area contributed by atoms with Crippen molar-refractivity contribution >= 4 is 16.0 Å². The molecule has 1 aromatic heterocycles. The van der Waals surface area contributed by atoms with Crippen LogP contribution in [0.15, 0.2) is 35.4 Å². The molecule has 1 heterocycles. The standard InChI is InChI=1S/C11H11FN4O4S/c12-8-1-3-10(4-2-8)21(19,20)13-5-9-6-16(15-14-9)7-11(17)18/h1-4,6,13H,5,7H2,(H,17,18). The molecule has 10 heteroatoms. The molecule has 0 aliphatic heterocycles. The van der Waals surface area contributed by atoms with Crippen LogP contribution in [0.2, 0.25) is 0 Å². The van der Waals surface area contributed by atoms with Crippen LogP contribution in [0.5, 0.6) is 0 Å². The zero-order valence-electron chi connectivity index (χ0n) is 10.6. The van der Waals surface area contributed by atoms with Crippen LogP contribution in [0.3, 0.4) is 0 Å². The van der Waals surface area contributed by atoms with E-state index >= 15 is 0 Å². The van der Waals surface area contributed by atoms with E-state index in [1.54, 1.807) is 0 Å². The summed E-state index contributed by atoms with van der Waals surface area (Å²) in [6, 6.07) is 4.35. The minimum Gasteiger partial charge on any atom is -0.480 e. The van der Waals surface area contributed by atoms with E-state index in [2.05, 4.69) is 15.0 Å². The fourth-order valence-corrected chi connectivity index (χ4v) is 2.50. The third-order valence-corrected chi connectivity index (χ3v) is 3.87. The molecule has 8 nitrogen and oxygen atoms in total. The first kappa shape index (κ1) is 15.1.